The number of halogens is 1. The summed E-state index contributed by atoms with van der Waals surface area (Å²) in [4.78, 5) is 24.6. The Kier molecular flexibility index (Phi) is 4.20. The van der Waals surface area contributed by atoms with E-state index in [1.54, 1.807) is 0 Å². The van der Waals surface area contributed by atoms with Gasteiger partial charge in [-0.05, 0) is 24.3 Å². The van der Waals surface area contributed by atoms with E-state index in [2.05, 4.69) is 0 Å². The van der Waals surface area contributed by atoms with Gasteiger partial charge in [0.1, 0.15) is 0 Å². The van der Waals surface area contributed by atoms with Gasteiger partial charge in [-0.15, -0.1) is 0 Å². The van der Waals surface area contributed by atoms with Crippen molar-refractivity contribution >= 4 is 0 Å². The first-order valence-electron chi connectivity index (χ1n) is 7.26. The van der Waals surface area contributed by atoms with Gasteiger partial charge >= 0.3 is 5.69 Å². The molecule has 1 heterocycles. The highest BCUT2D eigenvalue weighted by Crippen LogP contribution is 2.36. The van der Waals surface area contributed by atoms with Crippen molar-refractivity contribution in [3.8, 4) is 0 Å². The van der Waals surface area contributed by atoms with Crippen LogP contribution in [0.4, 0.5) is 4.39 Å². The molecule has 1 fully saturated rings. The molecule has 0 aliphatic heterocycles. The van der Waals surface area contributed by atoms with Gasteiger partial charge in [-0.1, -0.05) is 30.3 Å². The molecule has 3 rings (SSSR count). The number of H-pyrrole nitrogens is 1. The van der Waals surface area contributed by atoms with E-state index >= 15 is 0 Å². The van der Waals surface area contributed by atoms with Crippen LogP contribution in [-0.2, 0) is 11.3 Å². The molecule has 0 atom stereocenters. The monoisotopic (exact) mass is 304 g/mol. The lowest BCUT2D eigenvalue weighted by atomic mass is 9.80. The molecule has 1 aliphatic carbocycles. The number of rotatable bonds is 5. The zero-order chi connectivity index (χ0) is 15.5. The molecule has 1 aromatic carbocycles. The van der Waals surface area contributed by atoms with Gasteiger partial charge in [-0.25, -0.2) is 4.79 Å². The normalized spacial score (nSPS) is 20.6. The third-order valence-electron chi connectivity index (χ3n) is 3.99. The minimum Gasteiger partial charge on any atom is -0.376 e. The first kappa shape index (κ1) is 14.7. The summed E-state index contributed by atoms with van der Waals surface area (Å²) in [6.45, 7) is 1.18. The predicted octanol–water partition coefficient (Wildman–Crippen LogP) is 1.84. The molecule has 0 amide bonds. The van der Waals surface area contributed by atoms with Crippen LogP contribution in [0.1, 0.15) is 24.4 Å². The molecule has 1 N–H and O–H groups in total. The number of ether oxygens (including phenoxy) is 1. The zero-order valence-corrected chi connectivity index (χ0v) is 12.0. The van der Waals surface area contributed by atoms with E-state index in [4.69, 9.17) is 4.74 Å². The van der Waals surface area contributed by atoms with Crippen LogP contribution in [0.15, 0.2) is 46.1 Å². The van der Waals surface area contributed by atoms with E-state index in [9.17, 15) is 14.0 Å². The van der Waals surface area contributed by atoms with E-state index < -0.39 is 17.1 Å². The Morgan fingerprint density at radius 2 is 1.95 bits per heavy atom. The van der Waals surface area contributed by atoms with Crippen LogP contribution in [0.5, 0.6) is 0 Å². The third kappa shape index (κ3) is 3.17. The highest BCUT2D eigenvalue weighted by atomic mass is 19.1. The van der Waals surface area contributed by atoms with Crippen LogP contribution in [0.25, 0.3) is 0 Å². The number of hydrogen-bond acceptors (Lipinski definition) is 3. The van der Waals surface area contributed by atoms with Crippen LogP contribution in [-0.4, -0.2) is 16.2 Å². The fraction of sp³-hybridized carbons (Fsp3) is 0.375. The van der Waals surface area contributed by atoms with Crippen molar-refractivity contribution in [1.82, 2.24) is 9.55 Å². The van der Waals surface area contributed by atoms with Crippen molar-refractivity contribution in [2.45, 2.75) is 25.5 Å². The lowest BCUT2D eigenvalue weighted by molar-refractivity contribution is 0.0364. The van der Waals surface area contributed by atoms with Gasteiger partial charge < -0.3 is 4.74 Å². The number of nitrogens with one attached hydrogen (secondary N) is 1. The van der Waals surface area contributed by atoms with Crippen molar-refractivity contribution in [3.63, 3.8) is 0 Å². The molecule has 22 heavy (non-hydrogen) atoms. The molecular formula is C16H17FN2O3. The average Bonchev–Trinajstić information content (AvgIpc) is 2.47. The fourth-order valence-corrected chi connectivity index (χ4v) is 2.71. The highest BCUT2D eigenvalue weighted by Gasteiger charge is 2.31. The van der Waals surface area contributed by atoms with Crippen molar-refractivity contribution in [2.75, 3.05) is 6.61 Å². The summed E-state index contributed by atoms with van der Waals surface area (Å²) < 4.78 is 20.2. The number of benzene rings is 1. The van der Waals surface area contributed by atoms with Crippen LogP contribution < -0.4 is 11.2 Å². The minimum atomic E-state index is -0.969. The van der Waals surface area contributed by atoms with Gasteiger partial charge in [0.15, 0.2) is 0 Å². The molecule has 0 spiro atoms. The van der Waals surface area contributed by atoms with E-state index in [0.717, 1.165) is 24.6 Å². The van der Waals surface area contributed by atoms with Crippen molar-refractivity contribution in [2.24, 2.45) is 5.92 Å². The minimum absolute atomic E-state index is 0.0656. The summed E-state index contributed by atoms with van der Waals surface area (Å²) in [6.07, 6.45) is 2.49. The van der Waals surface area contributed by atoms with E-state index in [1.165, 1.54) is 4.57 Å². The van der Waals surface area contributed by atoms with Gasteiger partial charge in [-0.2, -0.15) is 4.39 Å². The van der Waals surface area contributed by atoms with E-state index in [0.29, 0.717) is 19.1 Å². The molecule has 0 bridgehead atoms. The molecule has 6 heteroatoms. The van der Waals surface area contributed by atoms with Crippen molar-refractivity contribution in [3.05, 3.63) is 68.7 Å². The Bertz CT molecular complexity index is 748. The van der Waals surface area contributed by atoms with Gasteiger partial charge in [0.05, 0.1) is 12.8 Å². The number of nitrogens with zero attached hydrogens (tertiary/aromatic N) is 1. The fourth-order valence-electron chi connectivity index (χ4n) is 2.71. The lowest BCUT2D eigenvalue weighted by Gasteiger charge is -2.36. The molecule has 1 aromatic heterocycles. The summed E-state index contributed by atoms with van der Waals surface area (Å²) in [5.74, 6) is -0.570. The first-order valence-corrected chi connectivity index (χ1v) is 7.26. The summed E-state index contributed by atoms with van der Waals surface area (Å²) in [7, 11) is 0. The summed E-state index contributed by atoms with van der Waals surface area (Å²) in [5, 5.41) is 0. The maximum atomic E-state index is 13.2. The van der Waals surface area contributed by atoms with Gasteiger partial charge in [-0.3, -0.25) is 14.3 Å². The maximum absolute atomic E-state index is 13.2. The van der Waals surface area contributed by atoms with Gasteiger partial charge in [0.2, 0.25) is 5.82 Å². The van der Waals surface area contributed by atoms with Gasteiger partial charge in [0.25, 0.3) is 5.56 Å². The Morgan fingerprint density at radius 3 is 2.68 bits per heavy atom. The largest absolute Gasteiger partial charge is 0.376 e. The number of aromatic amines is 1. The van der Waals surface area contributed by atoms with E-state index in [1.807, 2.05) is 35.3 Å². The molecule has 0 unspecified atom stereocenters. The van der Waals surface area contributed by atoms with Crippen molar-refractivity contribution in [1.29, 1.82) is 0 Å². The third-order valence-corrected chi connectivity index (χ3v) is 3.99. The number of hydrogen-bond donors (Lipinski definition) is 1. The van der Waals surface area contributed by atoms with Gasteiger partial charge in [0, 0.05) is 12.6 Å². The quantitative estimate of drug-likeness (QED) is 0.917. The molecule has 1 aliphatic rings. The summed E-state index contributed by atoms with van der Waals surface area (Å²) in [5.41, 5.74) is -0.402. The molecule has 0 saturated heterocycles. The molecular weight excluding hydrogens is 287 g/mol. The molecule has 5 nitrogen and oxygen atoms in total. The van der Waals surface area contributed by atoms with Crippen LogP contribution in [0, 0.1) is 11.7 Å². The SMILES string of the molecule is O=c1[nH]c(=O)n(C2CC(COCc3ccccc3)C2)cc1F. The second kappa shape index (κ2) is 6.27. The molecule has 0 radical (unpaired) electrons. The molecule has 2 aromatic rings. The molecule has 116 valence electrons. The topological polar surface area (TPSA) is 64.1 Å². The van der Waals surface area contributed by atoms with E-state index in [-0.39, 0.29) is 6.04 Å². The van der Waals surface area contributed by atoms with Crippen LogP contribution >= 0.6 is 0 Å². The number of aromatic nitrogens is 2. The second-order valence-corrected chi connectivity index (χ2v) is 5.64. The highest BCUT2D eigenvalue weighted by molar-refractivity contribution is 5.13. The zero-order valence-electron chi connectivity index (χ0n) is 12.0. The Balaban J connectivity index is 1.49. The van der Waals surface area contributed by atoms with Crippen LogP contribution in [0.3, 0.4) is 0 Å². The first-order chi connectivity index (χ1) is 10.6. The standard InChI is InChI=1S/C16H17FN2O3/c17-14-8-19(16(21)18-15(14)20)13-6-12(7-13)10-22-9-11-4-2-1-3-5-11/h1-5,8,12-13H,6-7,9-10H2,(H,18,20,21). The second-order valence-electron chi connectivity index (χ2n) is 5.64. The molecule has 1 saturated carbocycles. The lowest BCUT2D eigenvalue weighted by Crippen LogP contribution is -2.39. The Morgan fingerprint density at radius 1 is 1.23 bits per heavy atom. The average molecular weight is 304 g/mol. The smallest absolute Gasteiger partial charge is 0.328 e. The maximum Gasteiger partial charge on any atom is 0.328 e. The summed E-state index contributed by atoms with van der Waals surface area (Å²) >= 11 is 0. The Labute approximate surface area is 126 Å². The van der Waals surface area contributed by atoms with Crippen LogP contribution in [0.2, 0.25) is 0 Å². The predicted molar refractivity (Wildman–Crippen MR) is 79.1 cm³/mol. The Hall–Kier alpha value is -2.21. The summed E-state index contributed by atoms with van der Waals surface area (Å²) in [6, 6.07) is 9.84. The van der Waals surface area contributed by atoms with Crippen molar-refractivity contribution < 1.29 is 9.13 Å².